The van der Waals surface area contributed by atoms with E-state index in [0.717, 1.165) is 0 Å². The van der Waals surface area contributed by atoms with E-state index in [1.807, 2.05) is 0 Å². The van der Waals surface area contributed by atoms with E-state index in [-0.39, 0.29) is 13.0 Å². The summed E-state index contributed by atoms with van der Waals surface area (Å²) < 4.78 is 6.67. The maximum atomic E-state index is 10.6. The quantitative estimate of drug-likeness (QED) is 0.690. The monoisotopic (exact) mass is 252 g/mol. The first-order valence-electron chi connectivity index (χ1n) is 5.21. The zero-order chi connectivity index (χ0) is 13.1. The Labute approximate surface area is 102 Å². The van der Waals surface area contributed by atoms with Crippen molar-refractivity contribution in [2.45, 2.75) is 25.9 Å². The minimum absolute atomic E-state index is 0.123. The molecule has 0 aromatic carbocycles. The maximum Gasteiger partial charge on any atom is 0.320 e. The van der Waals surface area contributed by atoms with Crippen LogP contribution in [0.2, 0.25) is 0 Å². The molecule has 9 nitrogen and oxygen atoms in total. The fourth-order valence-corrected chi connectivity index (χ4v) is 1.36. The smallest absolute Gasteiger partial charge is 0.320 e. The van der Waals surface area contributed by atoms with E-state index >= 15 is 0 Å². The van der Waals surface area contributed by atoms with Gasteiger partial charge in [0.25, 0.3) is 0 Å². The summed E-state index contributed by atoms with van der Waals surface area (Å²) >= 11 is 0. The zero-order valence-electron chi connectivity index (χ0n) is 9.65. The van der Waals surface area contributed by atoms with Crippen molar-refractivity contribution in [3.05, 3.63) is 23.7 Å². The van der Waals surface area contributed by atoms with Gasteiger partial charge in [0, 0.05) is 19.5 Å². The average molecular weight is 252 g/mol. The number of carbonyl (C=O) groups is 1. The zero-order valence-corrected chi connectivity index (χ0v) is 9.65. The Morgan fingerprint density at radius 1 is 1.56 bits per heavy atom. The first kappa shape index (κ1) is 12.2. The van der Waals surface area contributed by atoms with Gasteiger partial charge in [-0.25, -0.2) is 4.68 Å². The van der Waals surface area contributed by atoms with Gasteiger partial charge in [-0.3, -0.25) is 4.79 Å². The molecular weight excluding hydrogens is 240 g/mol. The van der Waals surface area contributed by atoms with Crippen molar-refractivity contribution >= 4 is 5.97 Å². The van der Waals surface area contributed by atoms with Gasteiger partial charge in [0.2, 0.25) is 11.8 Å². The molecule has 0 aliphatic carbocycles. The van der Waals surface area contributed by atoms with Crippen LogP contribution in [0.5, 0.6) is 0 Å². The van der Waals surface area contributed by atoms with Crippen LogP contribution in [0.15, 0.2) is 10.6 Å². The molecule has 0 radical (unpaired) electrons. The van der Waals surface area contributed by atoms with Crippen LogP contribution in [-0.4, -0.2) is 42.3 Å². The molecule has 0 aliphatic heterocycles. The molecule has 18 heavy (non-hydrogen) atoms. The van der Waals surface area contributed by atoms with Crippen molar-refractivity contribution in [3.63, 3.8) is 0 Å². The highest BCUT2D eigenvalue weighted by Gasteiger charge is 2.14. The molecule has 1 atom stereocenters. The van der Waals surface area contributed by atoms with Crippen LogP contribution >= 0.6 is 0 Å². The van der Waals surface area contributed by atoms with Crippen LogP contribution in [-0.2, 0) is 17.8 Å². The maximum absolute atomic E-state index is 10.6. The van der Waals surface area contributed by atoms with Gasteiger partial charge in [0.1, 0.15) is 12.6 Å². The van der Waals surface area contributed by atoms with Crippen molar-refractivity contribution in [1.29, 1.82) is 0 Å². The highest BCUT2D eigenvalue weighted by Crippen LogP contribution is 2.02. The minimum atomic E-state index is -1.07. The number of hydrogen-bond acceptors (Lipinski definition) is 7. The van der Waals surface area contributed by atoms with E-state index in [0.29, 0.717) is 17.5 Å². The number of hydrogen-bond donors (Lipinski definition) is 2. The molecule has 0 bridgehead atoms. The first-order valence-corrected chi connectivity index (χ1v) is 5.21. The second-order valence-corrected chi connectivity index (χ2v) is 3.77. The van der Waals surface area contributed by atoms with Gasteiger partial charge in [-0.2, -0.15) is 0 Å². The highest BCUT2D eigenvalue weighted by molar-refractivity contribution is 5.73. The van der Waals surface area contributed by atoms with Crippen molar-refractivity contribution in [3.8, 4) is 0 Å². The summed E-state index contributed by atoms with van der Waals surface area (Å²) in [5.74, 6) is -0.193. The van der Waals surface area contributed by atoms with Crippen molar-refractivity contribution in [1.82, 2.24) is 25.2 Å². The van der Waals surface area contributed by atoms with Crippen LogP contribution in [0.4, 0.5) is 0 Å². The first-order chi connectivity index (χ1) is 8.54. The Morgan fingerprint density at radius 3 is 2.94 bits per heavy atom. The second-order valence-electron chi connectivity index (χ2n) is 3.77. The van der Waals surface area contributed by atoms with E-state index in [1.54, 1.807) is 13.1 Å². The Kier molecular flexibility index (Phi) is 3.33. The average Bonchev–Trinajstić information content (AvgIpc) is 2.89. The summed E-state index contributed by atoms with van der Waals surface area (Å²) in [6, 6.07) is -0.985. The Morgan fingerprint density at radius 2 is 2.33 bits per heavy atom. The molecule has 0 aliphatic rings. The summed E-state index contributed by atoms with van der Waals surface area (Å²) in [5.41, 5.74) is 5.90. The van der Waals surface area contributed by atoms with Crippen LogP contribution < -0.4 is 5.73 Å². The lowest BCUT2D eigenvalue weighted by Crippen LogP contribution is -2.32. The number of nitrogens with two attached hydrogens (primary N) is 1. The van der Waals surface area contributed by atoms with Gasteiger partial charge in [-0.05, 0) is 0 Å². The normalized spacial score (nSPS) is 12.6. The Hall–Kier alpha value is -2.29. The van der Waals surface area contributed by atoms with Crippen molar-refractivity contribution in [2.75, 3.05) is 0 Å². The summed E-state index contributed by atoms with van der Waals surface area (Å²) in [4.78, 5) is 10.6. The van der Waals surface area contributed by atoms with Gasteiger partial charge in [0.15, 0.2) is 0 Å². The molecule has 2 aromatic rings. The number of carboxylic acids is 1. The van der Waals surface area contributed by atoms with Crippen molar-refractivity contribution in [2.24, 2.45) is 5.73 Å². The number of nitrogens with zero attached hydrogens (tertiary/aromatic N) is 5. The second kappa shape index (κ2) is 4.92. The number of carboxylic acid groups (broad SMARTS) is 1. The predicted octanol–water partition coefficient (Wildman–Crippen LogP) is -1.03. The van der Waals surface area contributed by atoms with E-state index in [4.69, 9.17) is 15.3 Å². The number of rotatable bonds is 5. The highest BCUT2D eigenvalue weighted by atomic mass is 16.4. The van der Waals surface area contributed by atoms with Gasteiger partial charge in [-0.1, -0.05) is 5.21 Å². The lowest BCUT2D eigenvalue weighted by atomic mass is 10.2. The lowest BCUT2D eigenvalue weighted by molar-refractivity contribution is -0.138. The topological polar surface area (TPSA) is 133 Å². The van der Waals surface area contributed by atoms with E-state index in [9.17, 15) is 4.79 Å². The fraction of sp³-hybridized carbons (Fsp3) is 0.444. The standard InChI is InChI=1S/C9H12N6O3/c1-5-11-13-8(18-5)4-15-3-6(12-14-15)2-7(10)9(16)17/h3,7H,2,4,10H2,1H3,(H,16,17). The molecule has 1 unspecified atom stereocenters. The van der Waals surface area contributed by atoms with Gasteiger partial charge < -0.3 is 15.3 Å². The molecule has 3 N–H and O–H groups in total. The summed E-state index contributed by atoms with van der Waals surface area (Å²) in [5, 5.41) is 23.8. The Balaban J connectivity index is 2.00. The van der Waals surface area contributed by atoms with E-state index < -0.39 is 12.0 Å². The predicted molar refractivity (Wildman–Crippen MR) is 57.5 cm³/mol. The summed E-state index contributed by atoms with van der Waals surface area (Å²) in [6.07, 6.45) is 1.72. The lowest BCUT2D eigenvalue weighted by Gasteiger charge is -2.01. The summed E-state index contributed by atoms with van der Waals surface area (Å²) in [6.45, 7) is 1.98. The van der Waals surface area contributed by atoms with Gasteiger partial charge >= 0.3 is 5.97 Å². The van der Waals surface area contributed by atoms with Crippen molar-refractivity contribution < 1.29 is 14.3 Å². The Bertz CT molecular complexity index is 548. The number of aryl methyl sites for hydroxylation is 1. The minimum Gasteiger partial charge on any atom is -0.480 e. The molecule has 9 heteroatoms. The molecule has 0 saturated heterocycles. The molecule has 2 heterocycles. The van der Waals surface area contributed by atoms with Crippen LogP contribution in [0.3, 0.4) is 0 Å². The third kappa shape index (κ3) is 2.88. The van der Waals surface area contributed by atoms with E-state index in [2.05, 4.69) is 20.5 Å². The van der Waals surface area contributed by atoms with Gasteiger partial charge in [0.05, 0.1) is 5.69 Å². The SMILES string of the molecule is Cc1nnc(Cn2cc(CC(N)C(=O)O)nn2)o1. The van der Waals surface area contributed by atoms with Crippen LogP contribution in [0, 0.1) is 6.92 Å². The largest absolute Gasteiger partial charge is 0.480 e. The molecule has 0 amide bonds. The van der Waals surface area contributed by atoms with Crippen LogP contribution in [0.25, 0.3) is 0 Å². The molecular formula is C9H12N6O3. The molecule has 2 aromatic heterocycles. The molecule has 2 rings (SSSR count). The third-order valence-corrected chi connectivity index (χ3v) is 2.20. The fourth-order valence-electron chi connectivity index (χ4n) is 1.36. The molecule has 96 valence electrons. The van der Waals surface area contributed by atoms with Crippen LogP contribution in [0.1, 0.15) is 17.5 Å². The van der Waals surface area contributed by atoms with Gasteiger partial charge in [-0.15, -0.1) is 15.3 Å². The third-order valence-electron chi connectivity index (χ3n) is 2.20. The summed E-state index contributed by atoms with van der Waals surface area (Å²) in [7, 11) is 0. The number of aromatic nitrogens is 5. The molecule has 0 spiro atoms. The molecule has 0 saturated carbocycles. The molecule has 0 fully saturated rings. The van der Waals surface area contributed by atoms with E-state index in [1.165, 1.54) is 4.68 Å². The number of aliphatic carboxylic acids is 1.